The first-order valence-electron chi connectivity index (χ1n) is 3.41. The Labute approximate surface area is 55.4 Å². The van der Waals surface area contributed by atoms with Crippen LogP contribution in [0.15, 0.2) is 0 Å². The molecule has 1 rings (SSSR count). The molecule has 1 N–H and O–H groups in total. The van der Waals surface area contributed by atoms with E-state index < -0.39 is 0 Å². The Balaban J connectivity index is 2.26. The quantitative estimate of drug-likeness (QED) is 0.514. The van der Waals surface area contributed by atoms with E-state index >= 15 is 0 Å². The van der Waals surface area contributed by atoms with Gasteiger partial charge in [-0.2, -0.15) is 0 Å². The maximum atomic E-state index is 10.1. The molecule has 9 heavy (non-hydrogen) atoms. The first-order valence-corrected chi connectivity index (χ1v) is 3.41. The van der Waals surface area contributed by atoms with Crippen LogP contribution in [0.3, 0.4) is 0 Å². The lowest BCUT2D eigenvalue weighted by molar-refractivity contribution is 0.371. The van der Waals surface area contributed by atoms with Crippen LogP contribution in [0.4, 0.5) is 0 Å². The number of nitrogens with one attached hydrogen (secondary N) is 1. The van der Waals surface area contributed by atoms with Gasteiger partial charge >= 0.3 is 0 Å². The zero-order valence-electron chi connectivity index (χ0n) is 5.39. The number of carbonyl (C=O) groups excluding carboxylic acids is 1. The second-order valence-corrected chi connectivity index (χ2v) is 2.67. The standard InChI is InChI=1S/C7H11NO/c8-7-3-1-6(5-9)2-4-7/h6-8H,1-4H2. The predicted octanol–water partition coefficient (Wildman–Crippen LogP) is 0.938. The largest absolute Gasteiger partial charge is 0.291 e. The zero-order valence-corrected chi connectivity index (χ0v) is 5.39. The molecule has 50 valence electrons. The average molecular weight is 125 g/mol. The van der Waals surface area contributed by atoms with Crippen LogP contribution in [0.1, 0.15) is 25.7 Å². The van der Waals surface area contributed by atoms with Gasteiger partial charge in [-0.3, -0.25) is 10.5 Å². The highest BCUT2D eigenvalue weighted by Gasteiger charge is 2.18. The van der Waals surface area contributed by atoms with E-state index in [-0.39, 0.29) is 12.0 Å². The van der Waals surface area contributed by atoms with Gasteiger partial charge in [0, 0.05) is 12.0 Å². The summed E-state index contributed by atoms with van der Waals surface area (Å²) in [6, 6.07) is 0.0922. The molecule has 1 aliphatic carbocycles. The van der Waals surface area contributed by atoms with Crippen molar-refractivity contribution >= 4 is 6.29 Å². The van der Waals surface area contributed by atoms with E-state index in [9.17, 15) is 4.79 Å². The van der Waals surface area contributed by atoms with Crippen LogP contribution in [-0.2, 0) is 4.79 Å². The van der Waals surface area contributed by atoms with Gasteiger partial charge in [0.25, 0.3) is 0 Å². The van der Waals surface area contributed by atoms with Gasteiger partial charge in [-0.15, -0.1) is 0 Å². The third-order valence-electron chi connectivity index (χ3n) is 1.89. The van der Waals surface area contributed by atoms with Gasteiger partial charge < -0.3 is 0 Å². The van der Waals surface area contributed by atoms with Crippen LogP contribution in [0.2, 0.25) is 0 Å². The fourth-order valence-electron chi connectivity index (χ4n) is 1.21. The fourth-order valence-corrected chi connectivity index (χ4v) is 1.21. The minimum Gasteiger partial charge on any atom is -0.291 e. The molecule has 0 aliphatic heterocycles. The van der Waals surface area contributed by atoms with Gasteiger partial charge in [-0.05, 0) is 25.7 Å². The lowest BCUT2D eigenvalue weighted by Gasteiger charge is -2.20. The molecule has 0 atom stereocenters. The highest BCUT2D eigenvalue weighted by molar-refractivity contribution is 5.54. The van der Waals surface area contributed by atoms with E-state index in [1.165, 1.54) is 0 Å². The third-order valence-corrected chi connectivity index (χ3v) is 1.89. The topological polar surface area (TPSA) is 40.9 Å². The second-order valence-electron chi connectivity index (χ2n) is 2.67. The summed E-state index contributed by atoms with van der Waals surface area (Å²) in [6.07, 6.45) is 5.54. The number of hydrogen-bond donors (Lipinski definition) is 0. The van der Waals surface area contributed by atoms with Crippen LogP contribution < -0.4 is 5.73 Å². The van der Waals surface area contributed by atoms with Crippen LogP contribution in [0, 0.1) is 5.92 Å². The maximum Gasteiger partial charge on any atom is 0.201 e. The summed E-state index contributed by atoms with van der Waals surface area (Å²) in [4.78, 5) is 10.1. The van der Waals surface area contributed by atoms with Crippen LogP contribution in [-0.4, -0.2) is 12.3 Å². The second kappa shape index (κ2) is 2.97. The Morgan fingerprint density at radius 3 is 2.22 bits per heavy atom. The van der Waals surface area contributed by atoms with Crippen LogP contribution >= 0.6 is 0 Å². The predicted molar refractivity (Wildman–Crippen MR) is 34.5 cm³/mol. The molecule has 0 aromatic carbocycles. The van der Waals surface area contributed by atoms with Crippen LogP contribution in [0.25, 0.3) is 0 Å². The number of hydrogen-bond acceptors (Lipinski definition) is 1. The molecular formula is C7H11NO. The monoisotopic (exact) mass is 125 g/mol. The van der Waals surface area contributed by atoms with E-state index in [2.05, 4.69) is 0 Å². The molecular weight excluding hydrogens is 114 g/mol. The zero-order chi connectivity index (χ0) is 6.69. The molecule has 1 saturated carbocycles. The van der Waals surface area contributed by atoms with Gasteiger partial charge in [0.05, 0.1) is 0 Å². The van der Waals surface area contributed by atoms with Gasteiger partial charge in [0.15, 0.2) is 0 Å². The third kappa shape index (κ3) is 1.79. The summed E-state index contributed by atoms with van der Waals surface area (Å²) in [7, 11) is 0. The van der Waals surface area contributed by atoms with Gasteiger partial charge in [0.2, 0.25) is 6.29 Å². The Morgan fingerprint density at radius 1 is 1.22 bits per heavy atom. The minimum absolute atomic E-state index is 0.0922. The summed E-state index contributed by atoms with van der Waals surface area (Å²) in [5.74, 6) is 0.145. The molecule has 0 heterocycles. The molecule has 0 unspecified atom stereocenters. The smallest absolute Gasteiger partial charge is 0.201 e. The Morgan fingerprint density at radius 2 is 1.78 bits per heavy atom. The van der Waals surface area contributed by atoms with Crippen molar-refractivity contribution in [2.75, 3.05) is 0 Å². The lowest BCUT2D eigenvalue weighted by Crippen LogP contribution is -2.19. The van der Waals surface area contributed by atoms with E-state index in [0.29, 0.717) is 0 Å². The molecule has 2 heteroatoms. The molecule has 1 aliphatic rings. The first-order chi connectivity index (χ1) is 4.33. The summed E-state index contributed by atoms with van der Waals surface area (Å²) in [5.41, 5.74) is 7.31. The van der Waals surface area contributed by atoms with E-state index in [0.717, 1.165) is 25.7 Å². The van der Waals surface area contributed by atoms with Crippen molar-refractivity contribution in [3.05, 3.63) is 0 Å². The van der Waals surface area contributed by atoms with Crippen LogP contribution in [0.5, 0.6) is 0 Å². The molecule has 2 nitrogen and oxygen atoms in total. The number of rotatable bonds is 1. The summed E-state index contributed by atoms with van der Waals surface area (Å²) in [5, 5.41) is 0. The minimum atomic E-state index is 0.0922. The first kappa shape index (κ1) is 6.75. The van der Waals surface area contributed by atoms with Crippen molar-refractivity contribution in [2.45, 2.75) is 31.7 Å². The van der Waals surface area contributed by atoms with E-state index in [4.69, 9.17) is 5.73 Å². The van der Waals surface area contributed by atoms with Crippen molar-refractivity contribution in [3.63, 3.8) is 0 Å². The molecule has 0 bridgehead atoms. The fraction of sp³-hybridized carbons (Fsp3) is 0.857. The normalized spacial score (nSPS) is 36.1. The van der Waals surface area contributed by atoms with Gasteiger partial charge in [0.1, 0.15) is 0 Å². The summed E-state index contributed by atoms with van der Waals surface area (Å²) in [6.45, 7) is 0. The van der Waals surface area contributed by atoms with Crippen molar-refractivity contribution in [1.82, 2.24) is 5.73 Å². The Kier molecular flexibility index (Phi) is 2.22. The molecule has 2 radical (unpaired) electrons. The molecule has 0 amide bonds. The summed E-state index contributed by atoms with van der Waals surface area (Å²) < 4.78 is 0. The summed E-state index contributed by atoms with van der Waals surface area (Å²) >= 11 is 0. The highest BCUT2D eigenvalue weighted by Crippen LogP contribution is 2.21. The molecule has 0 aromatic rings. The Bertz CT molecular complexity index is 95.1. The molecule has 1 fully saturated rings. The van der Waals surface area contributed by atoms with Crippen molar-refractivity contribution in [1.29, 1.82) is 0 Å². The maximum absolute atomic E-state index is 10.1. The lowest BCUT2D eigenvalue weighted by atomic mass is 9.88. The van der Waals surface area contributed by atoms with Gasteiger partial charge in [-0.1, -0.05) is 0 Å². The van der Waals surface area contributed by atoms with Crippen molar-refractivity contribution in [3.8, 4) is 0 Å². The van der Waals surface area contributed by atoms with Gasteiger partial charge in [-0.25, -0.2) is 0 Å². The van der Waals surface area contributed by atoms with Crippen molar-refractivity contribution in [2.24, 2.45) is 5.92 Å². The van der Waals surface area contributed by atoms with E-state index in [1.807, 2.05) is 6.29 Å². The SMILES string of the molecule is [NH]C1CCC([C]=O)CC1. The highest BCUT2D eigenvalue weighted by atomic mass is 16.1. The van der Waals surface area contributed by atoms with E-state index in [1.54, 1.807) is 0 Å². The molecule has 0 aromatic heterocycles. The average Bonchev–Trinajstić information content (AvgIpc) is 1.90. The Hall–Kier alpha value is -0.370. The molecule has 0 spiro atoms. The molecule has 0 saturated heterocycles. The van der Waals surface area contributed by atoms with Crippen molar-refractivity contribution < 1.29 is 4.79 Å².